The zero-order valence-electron chi connectivity index (χ0n) is 13.8. The minimum atomic E-state index is -0.235. The van der Waals surface area contributed by atoms with Crippen molar-refractivity contribution < 1.29 is 9.90 Å². The standard InChI is InChI=1S/C18H26N3O2/c1-14-8-11-20(12-9-14)16-6-4-15(5-7-16)19-18(23)21-10-2-3-17(21)13-22/h4-7,14,17,22H,2-3,8-13H2,1H3/t17-/m1/s1. The molecule has 0 bridgehead atoms. The van der Waals surface area contributed by atoms with E-state index in [1.807, 2.05) is 12.1 Å². The van der Waals surface area contributed by atoms with Crippen LogP contribution in [0.4, 0.5) is 16.2 Å². The molecule has 1 atom stereocenters. The largest absolute Gasteiger partial charge is 0.394 e. The van der Waals surface area contributed by atoms with Gasteiger partial charge in [-0.3, -0.25) is 0 Å². The summed E-state index contributed by atoms with van der Waals surface area (Å²) in [6.45, 7) is 5.22. The minimum Gasteiger partial charge on any atom is -0.394 e. The molecule has 1 N–H and O–H groups in total. The van der Waals surface area contributed by atoms with Crippen LogP contribution in [0.15, 0.2) is 24.3 Å². The summed E-state index contributed by atoms with van der Waals surface area (Å²) in [5.41, 5.74) is 1.89. The third kappa shape index (κ3) is 3.78. The Bertz CT molecular complexity index is 524. The predicted molar refractivity (Wildman–Crippen MR) is 91.1 cm³/mol. The van der Waals surface area contributed by atoms with E-state index in [0.29, 0.717) is 12.2 Å². The van der Waals surface area contributed by atoms with E-state index in [1.54, 1.807) is 4.90 Å². The first kappa shape index (κ1) is 16.1. The monoisotopic (exact) mass is 316 g/mol. The quantitative estimate of drug-likeness (QED) is 0.933. The summed E-state index contributed by atoms with van der Waals surface area (Å²) in [6.07, 6.45) is 4.28. The number of benzene rings is 1. The zero-order chi connectivity index (χ0) is 16.2. The first-order valence-electron chi connectivity index (χ1n) is 8.65. The highest BCUT2D eigenvalue weighted by Crippen LogP contribution is 2.25. The molecular weight excluding hydrogens is 290 g/mol. The molecule has 0 saturated carbocycles. The third-order valence-corrected chi connectivity index (χ3v) is 5.06. The van der Waals surface area contributed by atoms with Crippen LogP contribution >= 0.6 is 0 Å². The third-order valence-electron chi connectivity index (χ3n) is 5.06. The van der Waals surface area contributed by atoms with Crippen molar-refractivity contribution in [2.24, 2.45) is 5.92 Å². The Morgan fingerprint density at radius 3 is 2.52 bits per heavy atom. The molecule has 0 aliphatic carbocycles. The summed E-state index contributed by atoms with van der Waals surface area (Å²) in [6, 6.07) is 7.62. The summed E-state index contributed by atoms with van der Waals surface area (Å²) >= 11 is 0. The summed E-state index contributed by atoms with van der Waals surface area (Å²) < 4.78 is 0. The Balaban J connectivity index is 1.58. The van der Waals surface area contributed by atoms with Crippen molar-refractivity contribution in [3.05, 3.63) is 24.3 Å². The van der Waals surface area contributed by atoms with Gasteiger partial charge in [-0.1, -0.05) is 6.92 Å². The van der Waals surface area contributed by atoms with Crippen LogP contribution in [0.2, 0.25) is 0 Å². The lowest BCUT2D eigenvalue weighted by atomic mass is 9.99. The average molecular weight is 316 g/mol. The van der Waals surface area contributed by atoms with Crippen molar-refractivity contribution in [2.45, 2.75) is 38.6 Å². The minimum absolute atomic E-state index is 0.0214. The van der Waals surface area contributed by atoms with E-state index in [2.05, 4.69) is 29.3 Å². The fourth-order valence-corrected chi connectivity index (χ4v) is 3.46. The second-order valence-corrected chi connectivity index (χ2v) is 6.75. The van der Waals surface area contributed by atoms with Gasteiger partial charge in [0, 0.05) is 25.3 Å². The van der Waals surface area contributed by atoms with Crippen molar-refractivity contribution in [3.8, 4) is 0 Å². The Kier molecular flexibility index (Phi) is 5.06. The molecule has 2 heterocycles. The Labute approximate surface area is 138 Å². The second kappa shape index (κ2) is 7.21. The summed E-state index contributed by atoms with van der Waals surface area (Å²) in [5, 5.41) is 13.5. The number of rotatable bonds is 3. The first-order valence-corrected chi connectivity index (χ1v) is 8.65. The number of aliphatic hydroxyl groups is 1. The van der Waals surface area contributed by atoms with Gasteiger partial charge in [0.15, 0.2) is 0 Å². The van der Waals surface area contributed by atoms with Crippen LogP contribution in [0.5, 0.6) is 0 Å². The normalized spacial score (nSPS) is 22.4. The number of hydrogen-bond acceptors (Lipinski definition) is 3. The van der Waals surface area contributed by atoms with E-state index >= 15 is 0 Å². The average Bonchev–Trinajstić information content (AvgIpc) is 3.05. The molecule has 5 nitrogen and oxygen atoms in total. The number of hydrogen-bond donors (Lipinski definition) is 1. The maximum absolute atomic E-state index is 12.2. The van der Waals surface area contributed by atoms with Gasteiger partial charge in [0.05, 0.1) is 18.3 Å². The van der Waals surface area contributed by atoms with Crippen LogP contribution in [0.25, 0.3) is 0 Å². The Hall–Kier alpha value is -1.75. The van der Waals surface area contributed by atoms with E-state index in [-0.39, 0.29) is 18.7 Å². The number of anilines is 1. The van der Waals surface area contributed by atoms with E-state index in [4.69, 9.17) is 0 Å². The molecule has 2 fully saturated rings. The molecule has 2 aliphatic heterocycles. The lowest BCUT2D eigenvalue weighted by Crippen LogP contribution is -2.40. The van der Waals surface area contributed by atoms with Crippen molar-refractivity contribution in [3.63, 3.8) is 0 Å². The zero-order valence-corrected chi connectivity index (χ0v) is 13.8. The predicted octanol–water partition coefficient (Wildman–Crippen LogP) is 2.74. The fraction of sp³-hybridized carbons (Fsp3) is 0.611. The fourth-order valence-electron chi connectivity index (χ4n) is 3.46. The maximum Gasteiger partial charge on any atom is 0.344 e. The number of piperidine rings is 1. The molecule has 3 rings (SSSR count). The lowest BCUT2D eigenvalue weighted by molar-refractivity contribution is 0.159. The van der Waals surface area contributed by atoms with Crippen molar-refractivity contribution in [1.29, 1.82) is 0 Å². The summed E-state index contributed by atoms with van der Waals surface area (Å²) in [4.78, 5) is 16.3. The molecule has 1 aromatic carbocycles. The molecule has 5 heteroatoms. The molecule has 1 radical (unpaired) electrons. The molecule has 0 aromatic heterocycles. The van der Waals surface area contributed by atoms with Crippen LogP contribution in [0, 0.1) is 5.92 Å². The first-order chi connectivity index (χ1) is 11.2. The molecule has 125 valence electrons. The lowest BCUT2D eigenvalue weighted by Gasteiger charge is -2.32. The van der Waals surface area contributed by atoms with Gasteiger partial charge in [0.2, 0.25) is 0 Å². The highest BCUT2D eigenvalue weighted by Gasteiger charge is 2.28. The van der Waals surface area contributed by atoms with E-state index in [9.17, 15) is 9.90 Å². The van der Waals surface area contributed by atoms with Crippen LogP contribution < -0.4 is 10.2 Å². The molecule has 2 amide bonds. The van der Waals surface area contributed by atoms with Gasteiger partial charge in [-0.25, -0.2) is 4.79 Å². The van der Waals surface area contributed by atoms with Crippen molar-refractivity contribution in [1.82, 2.24) is 10.2 Å². The van der Waals surface area contributed by atoms with Crippen LogP contribution in [0.1, 0.15) is 32.6 Å². The van der Waals surface area contributed by atoms with Crippen LogP contribution in [-0.4, -0.2) is 48.3 Å². The number of nitrogens with zero attached hydrogens (tertiary/aromatic N) is 3. The smallest absolute Gasteiger partial charge is 0.344 e. The number of urea groups is 1. The highest BCUT2D eigenvalue weighted by atomic mass is 16.3. The van der Waals surface area contributed by atoms with Gasteiger partial charge in [0.25, 0.3) is 0 Å². The number of carbonyl (C=O) groups excluding carboxylic acids is 1. The molecule has 0 spiro atoms. The topological polar surface area (TPSA) is 57.9 Å². The van der Waals surface area contributed by atoms with Gasteiger partial charge in [-0.15, -0.1) is 0 Å². The second-order valence-electron chi connectivity index (χ2n) is 6.75. The van der Waals surface area contributed by atoms with E-state index in [1.165, 1.54) is 18.5 Å². The molecule has 2 aliphatic rings. The van der Waals surface area contributed by atoms with Gasteiger partial charge < -0.3 is 14.9 Å². The van der Waals surface area contributed by atoms with Gasteiger partial charge >= 0.3 is 6.03 Å². The number of aliphatic hydroxyl groups excluding tert-OH is 1. The van der Waals surface area contributed by atoms with Crippen LogP contribution in [0.3, 0.4) is 0 Å². The molecule has 2 saturated heterocycles. The highest BCUT2D eigenvalue weighted by molar-refractivity contribution is 5.79. The van der Waals surface area contributed by atoms with E-state index in [0.717, 1.165) is 31.8 Å². The van der Waals surface area contributed by atoms with Crippen LogP contribution in [-0.2, 0) is 0 Å². The number of amides is 2. The van der Waals surface area contributed by atoms with Gasteiger partial charge in [-0.2, -0.15) is 5.32 Å². The number of likely N-dealkylation sites (tertiary alicyclic amines) is 1. The SMILES string of the molecule is CC1CCN(c2ccc([N]C(=O)N3CCC[C@@H]3CO)cc2)CC1. The summed E-state index contributed by atoms with van der Waals surface area (Å²) in [7, 11) is 0. The van der Waals surface area contributed by atoms with Crippen molar-refractivity contribution >= 4 is 17.4 Å². The van der Waals surface area contributed by atoms with Gasteiger partial charge in [0.1, 0.15) is 0 Å². The van der Waals surface area contributed by atoms with Gasteiger partial charge in [-0.05, 0) is 55.9 Å². The molecule has 23 heavy (non-hydrogen) atoms. The van der Waals surface area contributed by atoms with E-state index < -0.39 is 0 Å². The molecule has 0 unspecified atom stereocenters. The Morgan fingerprint density at radius 1 is 1.17 bits per heavy atom. The molecule has 1 aromatic rings. The van der Waals surface area contributed by atoms with Crippen molar-refractivity contribution in [2.75, 3.05) is 31.1 Å². The number of carbonyl (C=O) groups is 1. The Morgan fingerprint density at radius 2 is 1.87 bits per heavy atom. The summed E-state index contributed by atoms with van der Waals surface area (Å²) in [5.74, 6) is 0.818. The maximum atomic E-state index is 12.2. The molecular formula is C18H26N3O2.